The summed E-state index contributed by atoms with van der Waals surface area (Å²) in [6, 6.07) is 17.6. The van der Waals surface area contributed by atoms with Gasteiger partial charge in [-0.25, -0.2) is 12.7 Å². The van der Waals surface area contributed by atoms with Gasteiger partial charge < -0.3 is 4.90 Å². The molecule has 1 amide bonds. The summed E-state index contributed by atoms with van der Waals surface area (Å²) < 4.78 is 25.7. The van der Waals surface area contributed by atoms with Crippen LogP contribution in [0.3, 0.4) is 0 Å². The Kier molecular flexibility index (Phi) is 5.74. The molecule has 1 aliphatic heterocycles. The zero-order valence-corrected chi connectivity index (χ0v) is 15.8. The lowest BCUT2D eigenvalue weighted by molar-refractivity contribution is 0.0764. The maximum atomic E-state index is 12.9. The lowest BCUT2D eigenvalue weighted by Crippen LogP contribution is -2.37. The Labute approximate surface area is 155 Å². The molecule has 0 atom stereocenters. The largest absolute Gasteiger partial charge is 0.337 e. The number of sulfonamides is 1. The summed E-state index contributed by atoms with van der Waals surface area (Å²) in [6.07, 6.45) is 0.656. The molecule has 0 bridgehead atoms. The van der Waals surface area contributed by atoms with Crippen molar-refractivity contribution in [3.05, 3.63) is 60.2 Å². The fraction of sp³-hybridized carbons (Fsp3) is 0.350. The molecule has 0 aliphatic carbocycles. The highest BCUT2D eigenvalue weighted by atomic mass is 32.2. The zero-order chi connectivity index (χ0) is 18.6. The minimum atomic E-state index is -3.21. The Morgan fingerprint density at radius 1 is 0.923 bits per heavy atom. The summed E-state index contributed by atoms with van der Waals surface area (Å²) in [5.41, 5.74) is 2.71. The molecule has 2 aromatic rings. The first-order valence-corrected chi connectivity index (χ1v) is 10.5. The van der Waals surface area contributed by atoms with Gasteiger partial charge in [-0.15, -0.1) is 0 Å². The van der Waals surface area contributed by atoms with Crippen LogP contribution in [0.15, 0.2) is 54.6 Å². The van der Waals surface area contributed by atoms with Gasteiger partial charge in [0.05, 0.1) is 5.75 Å². The third kappa shape index (κ3) is 4.14. The molecular formula is C20H24N2O3S. The van der Waals surface area contributed by atoms with Crippen LogP contribution in [0.25, 0.3) is 11.1 Å². The van der Waals surface area contributed by atoms with Crippen molar-refractivity contribution in [2.24, 2.45) is 0 Å². The Morgan fingerprint density at radius 3 is 2.38 bits per heavy atom. The fourth-order valence-electron chi connectivity index (χ4n) is 3.20. The summed E-state index contributed by atoms with van der Waals surface area (Å²) in [6.45, 7) is 3.49. The highest BCUT2D eigenvalue weighted by Crippen LogP contribution is 2.21. The zero-order valence-electron chi connectivity index (χ0n) is 15.0. The second-order valence-corrected chi connectivity index (χ2v) is 8.65. The Balaban J connectivity index is 1.76. The van der Waals surface area contributed by atoms with Crippen molar-refractivity contribution in [1.82, 2.24) is 9.21 Å². The monoisotopic (exact) mass is 372 g/mol. The van der Waals surface area contributed by atoms with Crippen molar-refractivity contribution in [2.75, 3.05) is 31.9 Å². The van der Waals surface area contributed by atoms with Crippen LogP contribution < -0.4 is 0 Å². The van der Waals surface area contributed by atoms with Crippen LogP contribution in [-0.2, 0) is 10.0 Å². The van der Waals surface area contributed by atoms with Crippen LogP contribution in [0.4, 0.5) is 0 Å². The van der Waals surface area contributed by atoms with Crippen LogP contribution in [0.5, 0.6) is 0 Å². The highest BCUT2D eigenvalue weighted by molar-refractivity contribution is 7.89. The van der Waals surface area contributed by atoms with Gasteiger partial charge in [-0.2, -0.15) is 0 Å². The van der Waals surface area contributed by atoms with E-state index in [4.69, 9.17) is 0 Å². The van der Waals surface area contributed by atoms with Gasteiger partial charge in [0.2, 0.25) is 10.0 Å². The number of benzene rings is 2. The molecule has 1 aliphatic rings. The van der Waals surface area contributed by atoms with E-state index < -0.39 is 10.0 Å². The third-order valence-electron chi connectivity index (χ3n) is 4.72. The molecule has 26 heavy (non-hydrogen) atoms. The summed E-state index contributed by atoms with van der Waals surface area (Å²) in [7, 11) is -3.21. The van der Waals surface area contributed by atoms with Crippen molar-refractivity contribution in [3.63, 3.8) is 0 Å². The topological polar surface area (TPSA) is 57.7 Å². The van der Waals surface area contributed by atoms with Gasteiger partial charge in [-0.1, -0.05) is 42.5 Å². The first-order chi connectivity index (χ1) is 12.5. The van der Waals surface area contributed by atoms with E-state index in [1.54, 1.807) is 11.8 Å². The number of rotatable bonds is 4. The molecule has 0 spiro atoms. The number of nitrogens with zero attached hydrogens (tertiary/aromatic N) is 2. The molecule has 2 aromatic carbocycles. The molecule has 1 fully saturated rings. The Bertz CT molecular complexity index is 866. The summed E-state index contributed by atoms with van der Waals surface area (Å²) in [5.74, 6) is 0.0543. The van der Waals surface area contributed by atoms with E-state index >= 15 is 0 Å². The number of carbonyl (C=O) groups excluding carboxylic acids is 1. The molecule has 0 radical (unpaired) electrons. The SMILES string of the molecule is CCS(=O)(=O)N1CCCN(C(=O)c2cccc(-c3ccccc3)c2)CC1. The standard InChI is InChI=1S/C20H24N2O3S/c1-2-26(24,25)22-13-7-12-21(14-15-22)20(23)19-11-6-10-18(16-19)17-8-4-3-5-9-17/h3-6,8-11,16H,2,7,12-15H2,1H3. The molecule has 1 saturated heterocycles. The van der Waals surface area contributed by atoms with E-state index in [1.165, 1.54) is 4.31 Å². The molecule has 0 unspecified atom stereocenters. The summed E-state index contributed by atoms with van der Waals surface area (Å²) in [4.78, 5) is 14.7. The maximum absolute atomic E-state index is 12.9. The van der Waals surface area contributed by atoms with Crippen LogP contribution in [0, 0.1) is 0 Å². The van der Waals surface area contributed by atoms with Gasteiger partial charge >= 0.3 is 0 Å². The van der Waals surface area contributed by atoms with Gasteiger partial charge in [0, 0.05) is 31.7 Å². The van der Waals surface area contributed by atoms with E-state index in [0.717, 1.165) is 11.1 Å². The molecule has 5 nitrogen and oxygen atoms in total. The predicted octanol–water partition coefficient (Wildman–Crippen LogP) is 2.85. The van der Waals surface area contributed by atoms with Gasteiger partial charge in [-0.3, -0.25) is 4.79 Å². The molecule has 1 heterocycles. The lowest BCUT2D eigenvalue weighted by atomic mass is 10.0. The van der Waals surface area contributed by atoms with Crippen LogP contribution in [0.2, 0.25) is 0 Å². The minimum Gasteiger partial charge on any atom is -0.337 e. The molecule has 6 heteroatoms. The predicted molar refractivity (Wildman–Crippen MR) is 103 cm³/mol. The number of hydrogen-bond acceptors (Lipinski definition) is 3. The van der Waals surface area contributed by atoms with Crippen LogP contribution in [0.1, 0.15) is 23.7 Å². The quantitative estimate of drug-likeness (QED) is 0.829. The van der Waals surface area contributed by atoms with Gasteiger partial charge in [0.1, 0.15) is 0 Å². The first-order valence-electron chi connectivity index (χ1n) is 8.94. The summed E-state index contributed by atoms with van der Waals surface area (Å²) in [5, 5.41) is 0. The molecule has 0 N–H and O–H groups in total. The molecular weight excluding hydrogens is 348 g/mol. The average molecular weight is 372 g/mol. The second kappa shape index (κ2) is 8.01. The fourth-order valence-corrected chi connectivity index (χ4v) is 4.33. The van der Waals surface area contributed by atoms with E-state index in [1.807, 2.05) is 54.6 Å². The van der Waals surface area contributed by atoms with E-state index in [-0.39, 0.29) is 11.7 Å². The summed E-state index contributed by atoms with van der Waals surface area (Å²) >= 11 is 0. The molecule has 3 rings (SSSR count). The molecule has 0 aromatic heterocycles. The van der Waals surface area contributed by atoms with Crippen molar-refractivity contribution < 1.29 is 13.2 Å². The molecule has 0 saturated carbocycles. The molecule has 138 valence electrons. The van der Waals surface area contributed by atoms with Crippen molar-refractivity contribution in [1.29, 1.82) is 0 Å². The van der Waals surface area contributed by atoms with E-state index in [0.29, 0.717) is 38.2 Å². The van der Waals surface area contributed by atoms with Crippen LogP contribution >= 0.6 is 0 Å². The van der Waals surface area contributed by atoms with Gasteiger partial charge in [-0.05, 0) is 36.6 Å². The number of amides is 1. The second-order valence-electron chi connectivity index (χ2n) is 6.39. The highest BCUT2D eigenvalue weighted by Gasteiger charge is 2.26. The van der Waals surface area contributed by atoms with E-state index in [9.17, 15) is 13.2 Å². The number of hydrogen-bond donors (Lipinski definition) is 0. The lowest BCUT2D eigenvalue weighted by Gasteiger charge is -2.22. The first kappa shape index (κ1) is 18.6. The minimum absolute atomic E-state index is 0.0430. The third-order valence-corrected chi connectivity index (χ3v) is 6.60. The smallest absolute Gasteiger partial charge is 0.253 e. The van der Waals surface area contributed by atoms with Crippen molar-refractivity contribution in [2.45, 2.75) is 13.3 Å². The van der Waals surface area contributed by atoms with Crippen molar-refractivity contribution in [3.8, 4) is 11.1 Å². The maximum Gasteiger partial charge on any atom is 0.253 e. The van der Waals surface area contributed by atoms with Crippen molar-refractivity contribution >= 4 is 15.9 Å². The van der Waals surface area contributed by atoms with Gasteiger partial charge in [0.25, 0.3) is 5.91 Å². The number of carbonyl (C=O) groups is 1. The Morgan fingerprint density at radius 2 is 1.65 bits per heavy atom. The van der Waals surface area contributed by atoms with Crippen LogP contribution in [-0.4, -0.2) is 55.5 Å². The normalized spacial score (nSPS) is 16.3. The van der Waals surface area contributed by atoms with E-state index in [2.05, 4.69) is 0 Å². The van der Waals surface area contributed by atoms with Gasteiger partial charge in [0.15, 0.2) is 0 Å². The average Bonchev–Trinajstić information content (AvgIpc) is 2.95. The Hall–Kier alpha value is -2.18.